The molecule has 0 unspecified atom stereocenters. The van der Waals surface area contributed by atoms with Crippen LogP contribution >= 0.6 is 11.3 Å². The number of nitrogens with zero attached hydrogens (tertiary/aromatic N) is 3. The van der Waals surface area contributed by atoms with Gasteiger partial charge >= 0.3 is 0 Å². The molecule has 7 heteroatoms. The minimum atomic E-state index is -0.0675. The molecule has 1 aliphatic heterocycles. The van der Waals surface area contributed by atoms with Crippen molar-refractivity contribution in [2.45, 2.75) is 25.7 Å². The third-order valence-electron chi connectivity index (χ3n) is 3.60. The van der Waals surface area contributed by atoms with Crippen LogP contribution in [-0.4, -0.2) is 48.5 Å². The molecule has 1 aromatic heterocycles. The number of anilines is 1. The lowest BCUT2D eigenvalue weighted by Crippen LogP contribution is -2.46. The van der Waals surface area contributed by atoms with Gasteiger partial charge in [-0.1, -0.05) is 6.42 Å². The Morgan fingerprint density at radius 2 is 2.10 bits per heavy atom. The Kier molecular flexibility index (Phi) is 6.23. The summed E-state index contributed by atoms with van der Waals surface area (Å²) in [6.07, 6.45) is 5.55. The molecule has 1 aliphatic rings. The highest BCUT2D eigenvalue weighted by Gasteiger charge is 2.17. The van der Waals surface area contributed by atoms with E-state index in [1.807, 2.05) is 11.6 Å². The van der Waals surface area contributed by atoms with Gasteiger partial charge in [-0.05, 0) is 19.4 Å². The Morgan fingerprint density at radius 1 is 1.30 bits per heavy atom. The second-order valence-electron chi connectivity index (χ2n) is 5.02. The quantitative estimate of drug-likeness (QED) is 0.337. The first-order chi connectivity index (χ1) is 9.79. The fourth-order valence-corrected chi connectivity index (χ4v) is 3.10. The molecule has 2 rings (SSSR count). The van der Waals surface area contributed by atoms with Gasteiger partial charge in [-0.25, -0.2) is 10.8 Å². The van der Waals surface area contributed by atoms with Crippen LogP contribution in [0.5, 0.6) is 0 Å². The Labute approximate surface area is 123 Å². The maximum atomic E-state index is 11.0. The molecule has 0 radical (unpaired) electrons. The number of thiazole rings is 1. The van der Waals surface area contributed by atoms with Crippen LogP contribution in [0.25, 0.3) is 0 Å². The number of hydrazine groups is 1. The molecule has 0 spiro atoms. The summed E-state index contributed by atoms with van der Waals surface area (Å²) < 4.78 is 0. The van der Waals surface area contributed by atoms with Crippen molar-refractivity contribution in [3.8, 4) is 0 Å². The Balaban J connectivity index is 1.55. The van der Waals surface area contributed by atoms with Gasteiger partial charge in [0.1, 0.15) is 0 Å². The highest BCUT2D eigenvalue weighted by atomic mass is 32.1. The van der Waals surface area contributed by atoms with E-state index in [0.717, 1.165) is 57.1 Å². The monoisotopic (exact) mass is 297 g/mol. The standard InChI is InChI=1S/C13H23N5OS/c14-16-12(19)4-2-1-3-6-17-7-9-18(10-8-17)13-15-5-11-20-13/h5,11H,1-4,6-10,14H2,(H,16,19). The number of hydrogen-bond acceptors (Lipinski definition) is 6. The van der Waals surface area contributed by atoms with Crippen LogP contribution in [-0.2, 0) is 4.79 Å². The van der Waals surface area contributed by atoms with E-state index in [1.165, 1.54) is 0 Å². The van der Waals surface area contributed by atoms with Gasteiger partial charge in [0, 0.05) is 44.2 Å². The van der Waals surface area contributed by atoms with E-state index in [4.69, 9.17) is 5.84 Å². The van der Waals surface area contributed by atoms with Gasteiger partial charge in [-0.15, -0.1) is 11.3 Å². The summed E-state index contributed by atoms with van der Waals surface area (Å²) in [7, 11) is 0. The first-order valence-electron chi connectivity index (χ1n) is 7.16. The number of hydrogen-bond donors (Lipinski definition) is 2. The van der Waals surface area contributed by atoms with Crippen molar-refractivity contribution in [3.63, 3.8) is 0 Å². The fourth-order valence-electron chi connectivity index (χ4n) is 2.40. The van der Waals surface area contributed by atoms with E-state index in [0.29, 0.717) is 6.42 Å². The molecule has 112 valence electrons. The molecule has 1 amide bonds. The molecular weight excluding hydrogens is 274 g/mol. The topological polar surface area (TPSA) is 74.5 Å². The van der Waals surface area contributed by atoms with Crippen molar-refractivity contribution in [1.29, 1.82) is 0 Å². The zero-order chi connectivity index (χ0) is 14.2. The second-order valence-corrected chi connectivity index (χ2v) is 5.89. The largest absolute Gasteiger partial charge is 0.346 e. The van der Waals surface area contributed by atoms with Gasteiger partial charge in [0.2, 0.25) is 5.91 Å². The summed E-state index contributed by atoms with van der Waals surface area (Å²) in [4.78, 5) is 20.2. The molecule has 1 fully saturated rings. The summed E-state index contributed by atoms with van der Waals surface area (Å²) in [5.74, 6) is 4.97. The van der Waals surface area contributed by atoms with E-state index >= 15 is 0 Å². The van der Waals surface area contributed by atoms with Crippen LogP contribution in [0.1, 0.15) is 25.7 Å². The third kappa shape index (κ3) is 4.73. The lowest BCUT2D eigenvalue weighted by atomic mass is 10.1. The minimum Gasteiger partial charge on any atom is -0.346 e. The predicted molar refractivity (Wildman–Crippen MR) is 81.6 cm³/mol. The van der Waals surface area contributed by atoms with Crippen molar-refractivity contribution < 1.29 is 4.79 Å². The summed E-state index contributed by atoms with van der Waals surface area (Å²) in [6.45, 7) is 5.44. The zero-order valence-corrected chi connectivity index (χ0v) is 12.6. The molecule has 0 atom stereocenters. The molecule has 0 aliphatic carbocycles. The number of nitrogens with one attached hydrogen (secondary N) is 1. The summed E-state index contributed by atoms with van der Waals surface area (Å²) >= 11 is 1.71. The molecule has 6 nitrogen and oxygen atoms in total. The first-order valence-corrected chi connectivity index (χ1v) is 8.04. The number of amides is 1. The smallest absolute Gasteiger partial charge is 0.233 e. The molecule has 1 saturated heterocycles. The molecule has 0 bridgehead atoms. The van der Waals surface area contributed by atoms with Crippen LogP contribution in [0.2, 0.25) is 0 Å². The number of nitrogens with two attached hydrogens (primary N) is 1. The van der Waals surface area contributed by atoms with Crippen LogP contribution < -0.4 is 16.2 Å². The summed E-state index contributed by atoms with van der Waals surface area (Å²) in [5, 5.41) is 3.16. The SMILES string of the molecule is NNC(=O)CCCCCN1CCN(c2nccs2)CC1. The van der Waals surface area contributed by atoms with Gasteiger partial charge in [0.15, 0.2) is 5.13 Å². The first kappa shape index (κ1) is 15.2. The van der Waals surface area contributed by atoms with E-state index in [2.05, 4.69) is 20.2 Å². The average Bonchev–Trinajstić information content (AvgIpc) is 3.01. The van der Waals surface area contributed by atoms with Crippen molar-refractivity contribution in [3.05, 3.63) is 11.6 Å². The summed E-state index contributed by atoms with van der Waals surface area (Å²) in [5.41, 5.74) is 2.16. The van der Waals surface area contributed by atoms with Gasteiger partial charge in [-0.3, -0.25) is 15.1 Å². The number of aromatic nitrogens is 1. The van der Waals surface area contributed by atoms with E-state index < -0.39 is 0 Å². The molecule has 0 aromatic carbocycles. The van der Waals surface area contributed by atoms with Crippen molar-refractivity contribution in [1.82, 2.24) is 15.3 Å². The molecular formula is C13H23N5OS. The Hall–Kier alpha value is -1.18. The number of rotatable bonds is 7. The van der Waals surface area contributed by atoms with Crippen molar-refractivity contribution >= 4 is 22.4 Å². The molecule has 2 heterocycles. The maximum absolute atomic E-state index is 11.0. The van der Waals surface area contributed by atoms with Gasteiger partial charge in [0.05, 0.1) is 0 Å². The van der Waals surface area contributed by atoms with E-state index in [9.17, 15) is 4.79 Å². The van der Waals surface area contributed by atoms with Gasteiger partial charge < -0.3 is 4.90 Å². The fraction of sp³-hybridized carbons (Fsp3) is 0.692. The molecule has 3 N–H and O–H groups in total. The second kappa shape index (κ2) is 8.18. The molecule has 0 saturated carbocycles. The normalized spacial score (nSPS) is 16.4. The van der Waals surface area contributed by atoms with Crippen LogP contribution in [0, 0.1) is 0 Å². The highest BCUT2D eigenvalue weighted by Crippen LogP contribution is 2.18. The Bertz CT molecular complexity index is 389. The summed E-state index contributed by atoms with van der Waals surface area (Å²) in [6, 6.07) is 0. The molecule has 1 aromatic rings. The number of unbranched alkanes of at least 4 members (excludes halogenated alkanes) is 2. The van der Waals surface area contributed by atoms with E-state index in [-0.39, 0.29) is 5.91 Å². The van der Waals surface area contributed by atoms with E-state index in [1.54, 1.807) is 11.3 Å². The number of piperazine rings is 1. The minimum absolute atomic E-state index is 0.0675. The zero-order valence-electron chi connectivity index (χ0n) is 11.8. The van der Waals surface area contributed by atoms with Crippen molar-refractivity contribution in [2.75, 3.05) is 37.6 Å². The van der Waals surface area contributed by atoms with Crippen molar-refractivity contribution in [2.24, 2.45) is 5.84 Å². The van der Waals surface area contributed by atoms with Crippen LogP contribution in [0.15, 0.2) is 11.6 Å². The highest BCUT2D eigenvalue weighted by molar-refractivity contribution is 7.13. The van der Waals surface area contributed by atoms with Crippen LogP contribution in [0.4, 0.5) is 5.13 Å². The average molecular weight is 297 g/mol. The maximum Gasteiger partial charge on any atom is 0.233 e. The van der Waals surface area contributed by atoms with Crippen LogP contribution in [0.3, 0.4) is 0 Å². The Morgan fingerprint density at radius 3 is 2.75 bits per heavy atom. The number of carbonyl (C=O) groups is 1. The number of carbonyl (C=O) groups excluding carboxylic acids is 1. The molecule has 20 heavy (non-hydrogen) atoms. The van der Waals surface area contributed by atoms with Gasteiger partial charge in [0.25, 0.3) is 0 Å². The third-order valence-corrected chi connectivity index (χ3v) is 4.43. The lowest BCUT2D eigenvalue weighted by molar-refractivity contribution is -0.121. The van der Waals surface area contributed by atoms with Gasteiger partial charge in [-0.2, -0.15) is 0 Å². The lowest BCUT2D eigenvalue weighted by Gasteiger charge is -2.34. The predicted octanol–water partition coefficient (Wildman–Crippen LogP) is 0.815.